The van der Waals surface area contributed by atoms with Crippen molar-refractivity contribution in [3.8, 4) is 0 Å². The first kappa shape index (κ1) is 23.4. The molecule has 7 heteroatoms. The molecule has 1 aliphatic carbocycles. The number of nitrogens with zero attached hydrogens (tertiary/aromatic N) is 5. The van der Waals surface area contributed by atoms with Gasteiger partial charge in [0.15, 0.2) is 5.82 Å². The highest BCUT2D eigenvalue weighted by atomic mass is 16.1. The lowest BCUT2D eigenvalue weighted by Crippen LogP contribution is -2.35. The van der Waals surface area contributed by atoms with Crippen LogP contribution >= 0.6 is 0 Å². The third-order valence-electron chi connectivity index (χ3n) is 7.16. The van der Waals surface area contributed by atoms with Gasteiger partial charge in [-0.1, -0.05) is 69.2 Å². The van der Waals surface area contributed by atoms with Crippen LogP contribution in [0.5, 0.6) is 0 Å². The number of nitrogens with one attached hydrogen (secondary N) is 1. The Hall–Kier alpha value is -3.32. The molecule has 2 aromatic heterocycles. The number of aryl methyl sites for hydroxylation is 1. The predicted molar refractivity (Wildman–Crippen MR) is 138 cm³/mol. The van der Waals surface area contributed by atoms with Crippen LogP contribution in [0.4, 0.5) is 0 Å². The summed E-state index contributed by atoms with van der Waals surface area (Å²) in [5.74, 6) is 1.16. The maximum atomic E-state index is 13.2. The molecule has 2 heterocycles. The standard InChI is InChI=1S/C28H34N6O/c1-19(2)26(27-30-31-32-34(27)24-11-7-8-12-24)33(17-21-9-5-4-6-10-21)18-23-16-22-14-13-20(3)15-25(22)29-28(23)35/h4-6,9-10,13-16,19,24,26H,7-8,11-12,17-18H2,1-3H3,(H,29,35)/t26-/m1/s1. The van der Waals surface area contributed by atoms with Gasteiger partial charge < -0.3 is 4.98 Å². The lowest BCUT2D eigenvalue weighted by molar-refractivity contribution is 0.123. The summed E-state index contributed by atoms with van der Waals surface area (Å²) in [7, 11) is 0. The molecular weight excluding hydrogens is 436 g/mol. The molecule has 1 aliphatic rings. The third-order valence-corrected chi connectivity index (χ3v) is 7.16. The van der Waals surface area contributed by atoms with E-state index in [2.05, 4.69) is 80.3 Å². The van der Waals surface area contributed by atoms with Crippen LogP contribution in [0.25, 0.3) is 10.9 Å². The van der Waals surface area contributed by atoms with Crippen molar-refractivity contribution in [3.63, 3.8) is 0 Å². The minimum atomic E-state index is -0.0425. The number of H-pyrrole nitrogens is 1. The minimum absolute atomic E-state index is 0.0288. The zero-order valence-electron chi connectivity index (χ0n) is 20.8. The summed E-state index contributed by atoms with van der Waals surface area (Å²) in [5, 5.41) is 14.1. The molecule has 0 bridgehead atoms. The van der Waals surface area contributed by atoms with Crippen LogP contribution in [0.3, 0.4) is 0 Å². The second-order valence-electron chi connectivity index (χ2n) is 10.2. The van der Waals surface area contributed by atoms with Crippen molar-refractivity contribution in [2.45, 2.75) is 71.6 Å². The highest BCUT2D eigenvalue weighted by Crippen LogP contribution is 2.35. The van der Waals surface area contributed by atoms with Crippen molar-refractivity contribution in [2.24, 2.45) is 5.92 Å². The van der Waals surface area contributed by atoms with Crippen molar-refractivity contribution < 1.29 is 0 Å². The third kappa shape index (κ3) is 5.05. The quantitative estimate of drug-likeness (QED) is 0.376. The second-order valence-corrected chi connectivity index (χ2v) is 10.2. The van der Waals surface area contributed by atoms with Gasteiger partial charge in [0.25, 0.3) is 5.56 Å². The van der Waals surface area contributed by atoms with Crippen molar-refractivity contribution in [1.29, 1.82) is 0 Å². The molecule has 0 unspecified atom stereocenters. The Morgan fingerprint density at radius 2 is 1.83 bits per heavy atom. The highest BCUT2D eigenvalue weighted by molar-refractivity contribution is 5.79. The first-order valence-corrected chi connectivity index (χ1v) is 12.7. The fraction of sp³-hybridized carbons (Fsp3) is 0.429. The normalized spacial score (nSPS) is 15.5. The smallest absolute Gasteiger partial charge is 0.252 e. The summed E-state index contributed by atoms with van der Waals surface area (Å²) >= 11 is 0. The Morgan fingerprint density at radius 3 is 2.57 bits per heavy atom. The number of fused-ring (bicyclic) bond motifs is 1. The van der Waals surface area contributed by atoms with Gasteiger partial charge in [-0.2, -0.15) is 0 Å². The Bertz CT molecular complexity index is 1340. The summed E-state index contributed by atoms with van der Waals surface area (Å²) < 4.78 is 2.06. The predicted octanol–water partition coefficient (Wildman–Crippen LogP) is 5.34. The molecule has 35 heavy (non-hydrogen) atoms. The van der Waals surface area contributed by atoms with Crippen molar-refractivity contribution in [3.05, 3.63) is 87.5 Å². The number of pyridine rings is 1. The molecule has 0 radical (unpaired) electrons. The number of aromatic amines is 1. The van der Waals surface area contributed by atoms with Gasteiger partial charge in [-0.05, 0) is 64.8 Å². The molecule has 0 spiro atoms. The molecule has 0 amide bonds. The first-order chi connectivity index (χ1) is 17.0. The Kier molecular flexibility index (Phi) is 6.77. The van der Waals surface area contributed by atoms with E-state index in [1.54, 1.807) is 0 Å². The van der Waals surface area contributed by atoms with Crippen LogP contribution in [0.15, 0.2) is 59.4 Å². The van der Waals surface area contributed by atoms with E-state index < -0.39 is 0 Å². The van der Waals surface area contributed by atoms with Gasteiger partial charge in [-0.25, -0.2) is 4.68 Å². The van der Waals surface area contributed by atoms with Crippen LogP contribution in [0, 0.1) is 12.8 Å². The van der Waals surface area contributed by atoms with E-state index >= 15 is 0 Å². The number of tetrazole rings is 1. The average Bonchev–Trinajstić information content (AvgIpc) is 3.52. The van der Waals surface area contributed by atoms with Crippen LogP contribution in [0.1, 0.15) is 74.1 Å². The zero-order valence-corrected chi connectivity index (χ0v) is 20.8. The van der Waals surface area contributed by atoms with Gasteiger partial charge in [0.2, 0.25) is 0 Å². The summed E-state index contributed by atoms with van der Waals surface area (Å²) in [6.45, 7) is 7.67. The summed E-state index contributed by atoms with van der Waals surface area (Å²) in [4.78, 5) is 18.6. The van der Waals surface area contributed by atoms with E-state index in [9.17, 15) is 4.79 Å². The van der Waals surface area contributed by atoms with E-state index in [-0.39, 0.29) is 17.5 Å². The average molecular weight is 471 g/mol. The van der Waals surface area contributed by atoms with Crippen LogP contribution < -0.4 is 5.56 Å². The van der Waals surface area contributed by atoms with Crippen molar-refractivity contribution in [1.82, 2.24) is 30.1 Å². The van der Waals surface area contributed by atoms with Crippen molar-refractivity contribution in [2.75, 3.05) is 0 Å². The maximum absolute atomic E-state index is 13.2. The van der Waals surface area contributed by atoms with Crippen LogP contribution in [-0.2, 0) is 13.1 Å². The lowest BCUT2D eigenvalue weighted by atomic mass is 9.99. The van der Waals surface area contributed by atoms with Gasteiger partial charge in [-0.3, -0.25) is 9.69 Å². The monoisotopic (exact) mass is 470 g/mol. The first-order valence-electron chi connectivity index (χ1n) is 12.7. The van der Waals surface area contributed by atoms with E-state index in [0.29, 0.717) is 19.1 Å². The van der Waals surface area contributed by atoms with Crippen LogP contribution in [0.2, 0.25) is 0 Å². The zero-order chi connectivity index (χ0) is 24.4. The summed E-state index contributed by atoms with van der Waals surface area (Å²) in [6, 6.07) is 19.0. The number of hydrogen-bond acceptors (Lipinski definition) is 5. The maximum Gasteiger partial charge on any atom is 0.252 e. The molecule has 182 valence electrons. The second kappa shape index (κ2) is 10.1. The molecular formula is C28H34N6O. The largest absolute Gasteiger partial charge is 0.322 e. The fourth-order valence-electron chi connectivity index (χ4n) is 5.45. The highest BCUT2D eigenvalue weighted by Gasteiger charge is 2.32. The van der Waals surface area contributed by atoms with Gasteiger partial charge in [-0.15, -0.1) is 5.10 Å². The number of benzene rings is 2. The molecule has 1 N–H and O–H groups in total. The van der Waals surface area contributed by atoms with E-state index in [1.165, 1.54) is 18.4 Å². The van der Waals surface area contributed by atoms with Gasteiger partial charge in [0.1, 0.15) is 0 Å². The fourth-order valence-corrected chi connectivity index (χ4v) is 5.45. The lowest BCUT2D eigenvalue weighted by Gasteiger charge is -2.34. The molecule has 4 aromatic rings. The summed E-state index contributed by atoms with van der Waals surface area (Å²) in [6.07, 6.45) is 4.67. The van der Waals surface area contributed by atoms with Crippen molar-refractivity contribution >= 4 is 10.9 Å². The Balaban J connectivity index is 1.56. The molecule has 1 saturated carbocycles. The van der Waals surface area contributed by atoms with Gasteiger partial charge in [0.05, 0.1) is 12.1 Å². The molecule has 7 nitrogen and oxygen atoms in total. The molecule has 2 aromatic carbocycles. The molecule has 5 rings (SSSR count). The summed E-state index contributed by atoms with van der Waals surface area (Å²) in [5.41, 5.74) is 3.91. The molecule has 1 fully saturated rings. The van der Waals surface area contributed by atoms with Gasteiger partial charge >= 0.3 is 0 Å². The Labute approximate surface area is 206 Å². The number of hydrogen-bond donors (Lipinski definition) is 1. The molecule has 0 aliphatic heterocycles. The minimum Gasteiger partial charge on any atom is -0.322 e. The van der Waals surface area contributed by atoms with E-state index in [1.807, 2.05) is 25.1 Å². The van der Waals surface area contributed by atoms with E-state index in [4.69, 9.17) is 0 Å². The topological polar surface area (TPSA) is 79.7 Å². The van der Waals surface area contributed by atoms with Gasteiger partial charge in [0, 0.05) is 24.2 Å². The Morgan fingerprint density at radius 1 is 1.06 bits per heavy atom. The molecule has 1 atom stereocenters. The van der Waals surface area contributed by atoms with Crippen LogP contribution in [-0.4, -0.2) is 30.1 Å². The van der Waals surface area contributed by atoms with E-state index in [0.717, 1.165) is 40.7 Å². The SMILES string of the molecule is Cc1ccc2cc(CN(Cc3ccccc3)[C@@H](c3nnnn3C3CCCC3)C(C)C)c(=O)[nH]c2c1. The number of rotatable bonds is 8. The molecule has 0 saturated heterocycles. The number of aromatic nitrogens is 5.